The molecule has 2 amide bonds. The van der Waals surface area contributed by atoms with Crippen LogP contribution in [0.1, 0.15) is 20.3 Å². The zero-order valence-corrected chi connectivity index (χ0v) is 9.01. The molecule has 0 spiro atoms. The van der Waals surface area contributed by atoms with Gasteiger partial charge in [-0.3, -0.25) is 0 Å². The van der Waals surface area contributed by atoms with Gasteiger partial charge in [-0.2, -0.15) is 0 Å². The van der Waals surface area contributed by atoms with Gasteiger partial charge in [0, 0.05) is 12.6 Å². The van der Waals surface area contributed by atoms with E-state index in [0.29, 0.717) is 19.8 Å². The molecule has 0 bridgehead atoms. The maximum Gasteiger partial charge on any atom is 0.315 e. The van der Waals surface area contributed by atoms with Gasteiger partial charge in [-0.15, -0.1) is 6.58 Å². The molecule has 0 aromatic rings. The molecule has 4 heteroatoms. The molecule has 0 aromatic heterocycles. The summed E-state index contributed by atoms with van der Waals surface area (Å²) in [5.41, 5.74) is 0. The van der Waals surface area contributed by atoms with Crippen molar-refractivity contribution in [3.8, 4) is 0 Å². The van der Waals surface area contributed by atoms with Crippen molar-refractivity contribution in [3.05, 3.63) is 12.7 Å². The molecular formula is C10H20N2O2. The molecule has 0 atom stereocenters. The van der Waals surface area contributed by atoms with Crippen molar-refractivity contribution in [2.24, 2.45) is 0 Å². The average molecular weight is 200 g/mol. The molecule has 14 heavy (non-hydrogen) atoms. The van der Waals surface area contributed by atoms with Crippen molar-refractivity contribution in [2.45, 2.75) is 26.3 Å². The van der Waals surface area contributed by atoms with Gasteiger partial charge >= 0.3 is 6.03 Å². The van der Waals surface area contributed by atoms with Crippen LogP contribution in [0.4, 0.5) is 4.79 Å². The highest BCUT2D eigenvalue weighted by atomic mass is 16.5. The second-order valence-corrected chi connectivity index (χ2v) is 3.24. The first-order valence-corrected chi connectivity index (χ1v) is 4.89. The van der Waals surface area contributed by atoms with Gasteiger partial charge in [-0.1, -0.05) is 6.08 Å². The Morgan fingerprint density at radius 3 is 2.79 bits per heavy atom. The summed E-state index contributed by atoms with van der Waals surface area (Å²) in [4.78, 5) is 11.0. The normalized spacial score (nSPS) is 9.93. The molecule has 0 heterocycles. The van der Waals surface area contributed by atoms with Crippen LogP contribution in [0.5, 0.6) is 0 Å². The summed E-state index contributed by atoms with van der Waals surface area (Å²) < 4.78 is 5.22. The van der Waals surface area contributed by atoms with Crippen LogP contribution in [-0.4, -0.2) is 31.8 Å². The number of ether oxygens (including phenoxy) is 1. The van der Waals surface area contributed by atoms with E-state index in [1.54, 1.807) is 6.08 Å². The summed E-state index contributed by atoms with van der Waals surface area (Å²) in [6.07, 6.45) is 2.65. The SMILES string of the molecule is C=CCCOCCNC(=O)NC(C)C. The number of amides is 2. The molecule has 2 N–H and O–H groups in total. The molecule has 0 fully saturated rings. The fourth-order valence-electron chi connectivity index (χ4n) is 0.819. The minimum Gasteiger partial charge on any atom is -0.379 e. The van der Waals surface area contributed by atoms with Crippen molar-refractivity contribution >= 4 is 6.03 Å². The van der Waals surface area contributed by atoms with Crippen LogP contribution in [0, 0.1) is 0 Å². The topological polar surface area (TPSA) is 50.4 Å². The van der Waals surface area contributed by atoms with Gasteiger partial charge in [-0.05, 0) is 20.3 Å². The lowest BCUT2D eigenvalue weighted by molar-refractivity contribution is 0.141. The molecule has 0 aromatic carbocycles. The third kappa shape index (κ3) is 9.06. The largest absolute Gasteiger partial charge is 0.379 e. The lowest BCUT2D eigenvalue weighted by atomic mass is 10.4. The number of carbonyl (C=O) groups excluding carboxylic acids is 1. The first-order valence-electron chi connectivity index (χ1n) is 4.89. The summed E-state index contributed by atoms with van der Waals surface area (Å²) in [5, 5.41) is 5.41. The molecule has 0 aliphatic carbocycles. The van der Waals surface area contributed by atoms with E-state index in [-0.39, 0.29) is 12.1 Å². The monoisotopic (exact) mass is 200 g/mol. The summed E-state index contributed by atoms with van der Waals surface area (Å²) in [5.74, 6) is 0. The second kappa shape index (κ2) is 8.56. The minimum absolute atomic E-state index is 0.146. The molecule has 0 rings (SSSR count). The first-order chi connectivity index (χ1) is 6.66. The van der Waals surface area contributed by atoms with E-state index >= 15 is 0 Å². The van der Waals surface area contributed by atoms with Gasteiger partial charge in [0.05, 0.1) is 13.2 Å². The Kier molecular flexibility index (Phi) is 7.93. The summed E-state index contributed by atoms with van der Waals surface area (Å²) >= 11 is 0. The van der Waals surface area contributed by atoms with Crippen LogP contribution in [0.2, 0.25) is 0 Å². The van der Waals surface area contributed by atoms with E-state index in [9.17, 15) is 4.79 Å². The van der Waals surface area contributed by atoms with E-state index in [4.69, 9.17) is 4.74 Å². The molecule has 0 saturated carbocycles. The maximum atomic E-state index is 11.0. The van der Waals surface area contributed by atoms with Gasteiger partial charge < -0.3 is 15.4 Å². The highest BCUT2D eigenvalue weighted by Crippen LogP contribution is 1.82. The molecule has 0 unspecified atom stereocenters. The second-order valence-electron chi connectivity index (χ2n) is 3.24. The first kappa shape index (κ1) is 13.0. The van der Waals surface area contributed by atoms with Crippen molar-refractivity contribution < 1.29 is 9.53 Å². The maximum absolute atomic E-state index is 11.0. The Labute approximate surface area is 85.7 Å². The zero-order valence-electron chi connectivity index (χ0n) is 9.01. The fourth-order valence-corrected chi connectivity index (χ4v) is 0.819. The Bertz CT molecular complexity index is 170. The highest BCUT2D eigenvalue weighted by molar-refractivity contribution is 5.73. The van der Waals surface area contributed by atoms with E-state index in [0.717, 1.165) is 6.42 Å². The minimum atomic E-state index is -0.146. The van der Waals surface area contributed by atoms with Gasteiger partial charge in [0.25, 0.3) is 0 Å². The van der Waals surface area contributed by atoms with Gasteiger partial charge in [0.2, 0.25) is 0 Å². The van der Waals surface area contributed by atoms with Crippen LogP contribution in [0.25, 0.3) is 0 Å². The fraction of sp³-hybridized carbons (Fsp3) is 0.700. The standard InChI is InChI=1S/C10H20N2O2/c1-4-5-7-14-8-6-11-10(13)12-9(2)3/h4,9H,1,5-8H2,2-3H3,(H2,11,12,13). The van der Waals surface area contributed by atoms with Crippen LogP contribution < -0.4 is 10.6 Å². The van der Waals surface area contributed by atoms with E-state index < -0.39 is 0 Å². The van der Waals surface area contributed by atoms with Crippen LogP contribution in [-0.2, 0) is 4.74 Å². The molecule has 82 valence electrons. The molecule has 4 nitrogen and oxygen atoms in total. The number of carbonyl (C=O) groups is 1. The summed E-state index contributed by atoms with van der Waals surface area (Å²) in [6.45, 7) is 9.16. The number of nitrogens with one attached hydrogen (secondary N) is 2. The third-order valence-electron chi connectivity index (χ3n) is 1.42. The van der Waals surface area contributed by atoms with E-state index in [1.165, 1.54) is 0 Å². The van der Waals surface area contributed by atoms with Crippen LogP contribution in [0.15, 0.2) is 12.7 Å². The lowest BCUT2D eigenvalue weighted by Crippen LogP contribution is -2.40. The number of hydrogen-bond donors (Lipinski definition) is 2. The van der Waals surface area contributed by atoms with Crippen molar-refractivity contribution in [1.29, 1.82) is 0 Å². The van der Waals surface area contributed by atoms with Gasteiger partial charge in [0.1, 0.15) is 0 Å². The number of hydrogen-bond acceptors (Lipinski definition) is 2. The summed E-state index contributed by atoms with van der Waals surface area (Å²) in [6, 6.07) is 0.0176. The van der Waals surface area contributed by atoms with Gasteiger partial charge in [-0.25, -0.2) is 4.79 Å². The van der Waals surface area contributed by atoms with Gasteiger partial charge in [0.15, 0.2) is 0 Å². The number of rotatable bonds is 7. The Balaban J connectivity index is 3.19. The Morgan fingerprint density at radius 2 is 2.21 bits per heavy atom. The summed E-state index contributed by atoms with van der Waals surface area (Å²) in [7, 11) is 0. The van der Waals surface area contributed by atoms with E-state index in [2.05, 4.69) is 17.2 Å². The third-order valence-corrected chi connectivity index (χ3v) is 1.42. The number of urea groups is 1. The lowest BCUT2D eigenvalue weighted by Gasteiger charge is -2.09. The van der Waals surface area contributed by atoms with Crippen molar-refractivity contribution in [1.82, 2.24) is 10.6 Å². The smallest absolute Gasteiger partial charge is 0.315 e. The van der Waals surface area contributed by atoms with Crippen LogP contribution in [0.3, 0.4) is 0 Å². The van der Waals surface area contributed by atoms with Crippen molar-refractivity contribution in [2.75, 3.05) is 19.8 Å². The van der Waals surface area contributed by atoms with Crippen LogP contribution >= 0.6 is 0 Å². The van der Waals surface area contributed by atoms with E-state index in [1.807, 2.05) is 13.8 Å². The molecular weight excluding hydrogens is 180 g/mol. The average Bonchev–Trinajstić information content (AvgIpc) is 2.10. The zero-order chi connectivity index (χ0) is 10.8. The quantitative estimate of drug-likeness (QED) is 0.480. The Morgan fingerprint density at radius 1 is 1.50 bits per heavy atom. The molecule has 0 saturated heterocycles. The predicted molar refractivity (Wildman–Crippen MR) is 57.3 cm³/mol. The molecule has 0 aliphatic rings. The predicted octanol–water partition coefficient (Wildman–Crippen LogP) is 1.29. The molecule has 0 aliphatic heterocycles. The Hall–Kier alpha value is -1.03. The highest BCUT2D eigenvalue weighted by Gasteiger charge is 1.99. The molecule has 0 radical (unpaired) electrons. The van der Waals surface area contributed by atoms with Crippen molar-refractivity contribution in [3.63, 3.8) is 0 Å².